The number of aromatic amines is 1. The molecule has 0 spiro atoms. The van der Waals surface area contributed by atoms with Crippen molar-refractivity contribution in [1.82, 2.24) is 9.97 Å². The van der Waals surface area contributed by atoms with Gasteiger partial charge in [0.15, 0.2) is 0 Å². The number of carbonyl (C=O) groups is 2. The summed E-state index contributed by atoms with van der Waals surface area (Å²) in [5, 5.41) is 5.39. The zero-order chi connectivity index (χ0) is 16.4. The predicted octanol–water partition coefficient (Wildman–Crippen LogP) is 3.45. The number of nitrogens with one attached hydrogen (secondary N) is 3. The summed E-state index contributed by atoms with van der Waals surface area (Å²) in [6, 6.07) is 9.82. The molecule has 0 radical (unpaired) electrons. The summed E-state index contributed by atoms with van der Waals surface area (Å²) in [5.74, 6) is -1.70. The van der Waals surface area contributed by atoms with Crippen LogP contribution in [-0.4, -0.2) is 21.8 Å². The molecule has 0 bridgehead atoms. The molecule has 3 aromatic rings. The van der Waals surface area contributed by atoms with E-state index in [0.717, 1.165) is 11.0 Å². The van der Waals surface area contributed by atoms with Crippen molar-refractivity contribution < 1.29 is 9.59 Å². The van der Waals surface area contributed by atoms with Gasteiger partial charge in [-0.05, 0) is 30.3 Å². The van der Waals surface area contributed by atoms with Crippen LogP contribution < -0.4 is 10.6 Å². The number of fused-ring (bicyclic) bond motifs is 1. The summed E-state index contributed by atoms with van der Waals surface area (Å²) >= 11 is 11.9. The zero-order valence-corrected chi connectivity index (χ0v) is 13.1. The van der Waals surface area contributed by atoms with E-state index in [1.807, 2.05) is 0 Å². The third kappa shape index (κ3) is 3.28. The summed E-state index contributed by atoms with van der Waals surface area (Å²) in [5.41, 5.74) is 2.17. The number of rotatable bonds is 2. The van der Waals surface area contributed by atoms with Gasteiger partial charge in [-0.3, -0.25) is 9.59 Å². The van der Waals surface area contributed by atoms with E-state index < -0.39 is 11.8 Å². The van der Waals surface area contributed by atoms with E-state index in [2.05, 4.69) is 20.6 Å². The molecule has 0 saturated heterocycles. The van der Waals surface area contributed by atoms with Crippen LogP contribution >= 0.6 is 23.2 Å². The number of carbonyl (C=O) groups excluding carboxylic acids is 2. The highest BCUT2D eigenvalue weighted by Crippen LogP contribution is 2.29. The number of anilines is 2. The third-order valence-corrected chi connectivity index (χ3v) is 3.72. The van der Waals surface area contributed by atoms with Gasteiger partial charge in [0.05, 0.1) is 33.1 Å². The van der Waals surface area contributed by atoms with Crippen LogP contribution in [0.5, 0.6) is 0 Å². The van der Waals surface area contributed by atoms with Crippen molar-refractivity contribution in [3.63, 3.8) is 0 Å². The lowest BCUT2D eigenvalue weighted by Gasteiger charge is -2.09. The van der Waals surface area contributed by atoms with Gasteiger partial charge in [-0.25, -0.2) is 4.98 Å². The molecular weight excluding hydrogens is 339 g/mol. The standard InChI is InChI=1S/C15H10Cl2N4O2/c16-9-2-1-3-10(17)13(9)21-15(23)14(22)20-8-4-5-11-12(6-8)19-7-18-11/h1-7H,(H,18,19)(H,20,22)(H,21,23). The van der Waals surface area contributed by atoms with Crippen molar-refractivity contribution in [2.75, 3.05) is 10.6 Å². The first-order valence-corrected chi connectivity index (χ1v) is 7.29. The first-order chi connectivity index (χ1) is 11.0. The molecule has 1 heterocycles. The van der Waals surface area contributed by atoms with E-state index in [0.29, 0.717) is 5.69 Å². The van der Waals surface area contributed by atoms with Crippen LogP contribution in [0.25, 0.3) is 11.0 Å². The second-order valence-corrected chi connectivity index (χ2v) is 5.45. The number of hydrogen-bond acceptors (Lipinski definition) is 3. The molecule has 0 atom stereocenters. The summed E-state index contributed by atoms with van der Waals surface area (Å²) in [6.07, 6.45) is 1.54. The second-order valence-electron chi connectivity index (χ2n) is 4.64. The lowest BCUT2D eigenvalue weighted by molar-refractivity contribution is -0.132. The van der Waals surface area contributed by atoms with Gasteiger partial charge in [0.2, 0.25) is 0 Å². The van der Waals surface area contributed by atoms with E-state index in [4.69, 9.17) is 23.2 Å². The maximum Gasteiger partial charge on any atom is 0.314 e. The summed E-state index contributed by atoms with van der Waals surface area (Å²) in [7, 11) is 0. The van der Waals surface area contributed by atoms with Gasteiger partial charge in [0.1, 0.15) is 0 Å². The van der Waals surface area contributed by atoms with E-state index in [-0.39, 0.29) is 15.7 Å². The largest absolute Gasteiger partial charge is 0.345 e. The number of hydrogen-bond donors (Lipinski definition) is 3. The minimum atomic E-state index is -0.871. The predicted molar refractivity (Wildman–Crippen MR) is 89.8 cm³/mol. The van der Waals surface area contributed by atoms with Crippen molar-refractivity contribution in [2.45, 2.75) is 0 Å². The molecule has 0 aliphatic carbocycles. The van der Waals surface area contributed by atoms with Gasteiger partial charge in [0.25, 0.3) is 0 Å². The zero-order valence-electron chi connectivity index (χ0n) is 11.6. The van der Waals surface area contributed by atoms with Crippen molar-refractivity contribution >= 4 is 57.4 Å². The van der Waals surface area contributed by atoms with Gasteiger partial charge in [-0.15, -0.1) is 0 Å². The second kappa shape index (κ2) is 6.28. The number of nitrogens with zero attached hydrogens (tertiary/aromatic N) is 1. The number of halogens is 2. The van der Waals surface area contributed by atoms with Crippen molar-refractivity contribution in [1.29, 1.82) is 0 Å². The highest BCUT2D eigenvalue weighted by molar-refractivity contribution is 6.46. The lowest BCUT2D eigenvalue weighted by Crippen LogP contribution is -2.29. The van der Waals surface area contributed by atoms with Gasteiger partial charge in [-0.2, -0.15) is 0 Å². The van der Waals surface area contributed by atoms with Crippen LogP contribution in [0.3, 0.4) is 0 Å². The number of amides is 2. The Kier molecular flexibility index (Phi) is 4.18. The lowest BCUT2D eigenvalue weighted by atomic mass is 10.2. The normalized spacial score (nSPS) is 10.5. The minimum Gasteiger partial charge on any atom is -0.345 e. The first-order valence-electron chi connectivity index (χ1n) is 6.54. The van der Waals surface area contributed by atoms with Gasteiger partial charge >= 0.3 is 11.8 Å². The number of benzene rings is 2. The molecule has 0 unspecified atom stereocenters. The molecule has 0 saturated carbocycles. The molecule has 0 fully saturated rings. The molecule has 1 aromatic heterocycles. The minimum absolute atomic E-state index is 0.194. The van der Waals surface area contributed by atoms with Gasteiger partial charge in [0, 0.05) is 5.69 Å². The Morgan fingerprint density at radius 2 is 1.70 bits per heavy atom. The van der Waals surface area contributed by atoms with E-state index in [1.54, 1.807) is 42.7 Å². The van der Waals surface area contributed by atoms with Crippen LogP contribution in [0.1, 0.15) is 0 Å². The molecule has 3 N–H and O–H groups in total. The molecule has 2 amide bonds. The topological polar surface area (TPSA) is 86.9 Å². The highest BCUT2D eigenvalue weighted by atomic mass is 35.5. The molecule has 0 aliphatic rings. The number of aromatic nitrogens is 2. The quantitative estimate of drug-likeness (QED) is 0.620. The smallest absolute Gasteiger partial charge is 0.314 e. The molecule has 6 nitrogen and oxygen atoms in total. The molecule has 3 rings (SSSR count). The fraction of sp³-hybridized carbons (Fsp3) is 0. The number of imidazole rings is 1. The molecule has 2 aromatic carbocycles. The SMILES string of the molecule is O=C(Nc1ccc2nc[nH]c2c1)C(=O)Nc1c(Cl)cccc1Cl. The fourth-order valence-corrected chi connectivity index (χ4v) is 2.48. The van der Waals surface area contributed by atoms with E-state index in [9.17, 15) is 9.59 Å². The fourth-order valence-electron chi connectivity index (χ4n) is 1.99. The Hall–Kier alpha value is -2.57. The Labute approximate surface area is 140 Å². The number of H-pyrrole nitrogens is 1. The molecule has 8 heteroatoms. The van der Waals surface area contributed by atoms with Crippen LogP contribution in [0, 0.1) is 0 Å². The van der Waals surface area contributed by atoms with Crippen LogP contribution in [0.4, 0.5) is 11.4 Å². The monoisotopic (exact) mass is 348 g/mol. The van der Waals surface area contributed by atoms with Crippen molar-refractivity contribution in [2.24, 2.45) is 0 Å². The maximum atomic E-state index is 12.0. The Morgan fingerprint density at radius 1 is 1.00 bits per heavy atom. The van der Waals surface area contributed by atoms with Crippen LogP contribution in [0.2, 0.25) is 10.0 Å². The van der Waals surface area contributed by atoms with E-state index in [1.165, 1.54) is 0 Å². The summed E-state index contributed by atoms with van der Waals surface area (Å²) < 4.78 is 0. The first kappa shape index (κ1) is 15.3. The molecule has 0 aliphatic heterocycles. The third-order valence-electron chi connectivity index (χ3n) is 3.09. The number of para-hydroxylation sites is 1. The summed E-state index contributed by atoms with van der Waals surface area (Å²) in [6.45, 7) is 0. The van der Waals surface area contributed by atoms with Gasteiger partial charge in [-0.1, -0.05) is 29.3 Å². The Morgan fingerprint density at radius 3 is 2.43 bits per heavy atom. The molecule has 23 heavy (non-hydrogen) atoms. The van der Waals surface area contributed by atoms with Gasteiger partial charge < -0.3 is 15.6 Å². The summed E-state index contributed by atoms with van der Waals surface area (Å²) in [4.78, 5) is 30.9. The maximum absolute atomic E-state index is 12.0. The average molecular weight is 349 g/mol. The van der Waals surface area contributed by atoms with Crippen molar-refractivity contribution in [3.8, 4) is 0 Å². The average Bonchev–Trinajstić information content (AvgIpc) is 2.98. The van der Waals surface area contributed by atoms with Crippen LogP contribution in [-0.2, 0) is 9.59 Å². The molecule has 116 valence electrons. The Bertz CT molecular complexity index is 887. The Balaban J connectivity index is 1.73. The highest BCUT2D eigenvalue weighted by Gasteiger charge is 2.17. The van der Waals surface area contributed by atoms with Crippen LogP contribution in [0.15, 0.2) is 42.7 Å². The van der Waals surface area contributed by atoms with E-state index >= 15 is 0 Å². The molecular formula is C15H10Cl2N4O2. The van der Waals surface area contributed by atoms with Crippen molar-refractivity contribution in [3.05, 3.63) is 52.8 Å².